The number of unbranched alkanes of at least 4 members (excludes halogenated alkanes) is 2. The number of hydrogen-bond acceptors (Lipinski definition) is 6. The van der Waals surface area contributed by atoms with Crippen LogP contribution in [0.5, 0.6) is 0 Å². The number of nitrogens with zero attached hydrogens (tertiary/aromatic N) is 6. The van der Waals surface area contributed by atoms with Crippen molar-refractivity contribution >= 4 is 58.8 Å². The maximum atomic E-state index is 6.00. The molecule has 1 radical (unpaired) electrons. The van der Waals surface area contributed by atoms with E-state index in [1.54, 1.807) is 26.6 Å². The van der Waals surface area contributed by atoms with Crippen molar-refractivity contribution in [1.29, 1.82) is 0 Å². The Morgan fingerprint density at radius 2 is 0.983 bits per heavy atom. The van der Waals surface area contributed by atoms with Crippen molar-refractivity contribution < 1.29 is 55.7 Å². The number of pyridine rings is 2. The summed E-state index contributed by atoms with van der Waals surface area (Å²) in [6.45, 7) is 8.33. The molecule has 2 N–H and O–H groups in total. The van der Waals surface area contributed by atoms with Gasteiger partial charge in [0.25, 0.3) is 0 Å². The van der Waals surface area contributed by atoms with Crippen LogP contribution >= 0.6 is 0 Å². The standard InChI is InChI=1S/C46H50N8O4.Mn/c1-5-7-27-57-29-25-53-23-11-9-13-43(53)45-39-19-15-35(49-39)33(31-47-55-3)37-17-21-41(51-37)46(44-14-10-12-24-54(44)26-30-58-28-8-6-2)42-22-18-38(52-42)34(32-48-56-4)36-16-20-40(45)50-36;/h9-24,31-32H,5-8,25-30H2,1-4H3;/q;+2/p+2. The van der Waals surface area contributed by atoms with Gasteiger partial charge in [0.1, 0.15) is 27.4 Å². The first-order valence-electron chi connectivity index (χ1n) is 20.1. The molecule has 7 heterocycles. The molecule has 2 aliphatic rings. The number of fused-ring (bicyclic) bond motifs is 8. The average molecular weight is 836 g/mol. The van der Waals surface area contributed by atoms with Gasteiger partial charge in [-0.3, -0.25) is 9.68 Å². The maximum absolute atomic E-state index is 6.00. The molecule has 7 rings (SSSR count). The summed E-state index contributed by atoms with van der Waals surface area (Å²) in [6.07, 6.45) is 20.1. The van der Waals surface area contributed by atoms with Crippen molar-refractivity contribution in [1.82, 2.24) is 19.9 Å². The van der Waals surface area contributed by atoms with E-state index in [4.69, 9.17) is 39.1 Å². The number of aromatic nitrogens is 6. The Morgan fingerprint density at radius 3 is 1.41 bits per heavy atom. The second-order valence-corrected chi connectivity index (χ2v) is 13.9. The molecule has 2 aliphatic heterocycles. The summed E-state index contributed by atoms with van der Waals surface area (Å²) >= 11 is 0. The molecule has 13 heteroatoms. The van der Waals surface area contributed by atoms with E-state index >= 15 is 0 Å². The van der Waals surface area contributed by atoms with Gasteiger partial charge < -0.3 is 19.4 Å². The normalized spacial score (nSPS) is 12.1. The zero-order chi connectivity index (χ0) is 40.1. The first-order valence-corrected chi connectivity index (χ1v) is 20.1. The van der Waals surface area contributed by atoms with Crippen molar-refractivity contribution in [3.63, 3.8) is 0 Å². The molecule has 12 nitrogen and oxygen atoms in total. The molecule has 0 spiro atoms. The first kappa shape index (κ1) is 42.9. The third-order valence-electron chi connectivity index (χ3n) is 9.96. The molecule has 0 saturated heterocycles. The predicted octanol–water partition coefficient (Wildman–Crippen LogP) is 3.58. The molecule has 0 saturated carbocycles. The summed E-state index contributed by atoms with van der Waals surface area (Å²) in [5, 5.41) is 5.86. The minimum atomic E-state index is 0. The summed E-state index contributed by atoms with van der Waals surface area (Å²) in [6, 6.07) is 20.5. The van der Waals surface area contributed by atoms with Crippen molar-refractivity contribution in [3.8, 4) is 22.5 Å². The van der Waals surface area contributed by atoms with Crippen LogP contribution in [0, 0.1) is 0 Å². The minimum Gasteiger partial charge on any atom is -0.656 e. The van der Waals surface area contributed by atoms with Crippen LogP contribution in [0.15, 0.2) is 73.1 Å². The van der Waals surface area contributed by atoms with E-state index in [-0.39, 0.29) is 17.1 Å². The second kappa shape index (κ2) is 21.3. The summed E-state index contributed by atoms with van der Waals surface area (Å²) in [4.78, 5) is 31.8. The van der Waals surface area contributed by atoms with Gasteiger partial charge in [0.15, 0.2) is 25.5 Å². The van der Waals surface area contributed by atoms with Gasteiger partial charge in [0.05, 0.1) is 45.0 Å². The van der Waals surface area contributed by atoms with Crippen LogP contribution < -0.4 is 29.4 Å². The Kier molecular flexibility index (Phi) is 15.5. The van der Waals surface area contributed by atoms with E-state index in [0.717, 1.165) is 117 Å². The van der Waals surface area contributed by atoms with Crippen LogP contribution in [0.3, 0.4) is 0 Å². The van der Waals surface area contributed by atoms with E-state index in [1.807, 2.05) is 72.8 Å². The molecule has 0 aliphatic carbocycles. The van der Waals surface area contributed by atoms with Crippen LogP contribution in [0.4, 0.5) is 0 Å². The maximum Gasteiger partial charge on any atom is 2.00 e. The van der Waals surface area contributed by atoms with E-state index in [2.05, 4.69) is 57.8 Å². The van der Waals surface area contributed by atoms with E-state index < -0.39 is 0 Å². The molecule has 0 aromatic carbocycles. The van der Waals surface area contributed by atoms with Gasteiger partial charge >= 0.3 is 17.1 Å². The van der Waals surface area contributed by atoms with Crippen LogP contribution in [0.1, 0.15) is 73.4 Å². The molecular weight excluding hydrogens is 783 g/mol. The van der Waals surface area contributed by atoms with Crippen LogP contribution in [-0.4, -0.2) is 63.0 Å². The van der Waals surface area contributed by atoms with Crippen molar-refractivity contribution in [2.24, 2.45) is 0 Å². The molecule has 0 atom stereocenters. The number of rotatable bonds is 18. The summed E-state index contributed by atoms with van der Waals surface area (Å²) in [7, 11) is 3.17. The minimum absolute atomic E-state index is 0. The molecule has 0 fully saturated rings. The number of ether oxygens (including phenoxy) is 2. The van der Waals surface area contributed by atoms with Crippen LogP contribution in [0.25, 0.3) is 68.9 Å². The van der Waals surface area contributed by atoms with Crippen molar-refractivity contribution in [2.45, 2.75) is 52.6 Å². The second-order valence-electron chi connectivity index (χ2n) is 13.9. The van der Waals surface area contributed by atoms with Crippen LogP contribution in [-0.2, 0) is 49.3 Å². The fourth-order valence-corrected chi connectivity index (χ4v) is 7.01. The zero-order valence-corrected chi connectivity index (χ0v) is 35.3. The monoisotopic (exact) mass is 835 g/mol. The summed E-state index contributed by atoms with van der Waals surface area (Å²) < 4.78 is 16.4. The summed E-state index contributed by atoms with van der Waals surface area (Å²) in [5.41, 5.74) is 11.2. The van der Waals surface area contributed by atoms with Gasteiger partial charge in [-0.15, -0.1) is 22.1 Å². The van der Waals surface area contributed by atoms with E-state index in [9.17, 15) is 0 Å². The Bertz CT molecular complexity index is 2330. The Balaban J connectivity index is 0.00000585. The predicted molar refractivity (Wildman–Crippen MR) is 226 cm³/mol. The van der Waals surface area contributed by atoms with Gasteiger partial charge in [-0.05, 0) is 59.6 Å². The van der Waals surface area contributed by atoms with E-state index in [0.29, 0.717) is 26.3 Å². The van der Waals surface area contributed by atoms with Gasteiger partial charge in [0, 0.05) is 37.5 Å². The van der Waals surface area contributed by atoms with Gasteiger partial charge in [-0.2, -0.15) is 9.13 Å². The largest absolute Gasteiger partial charge is 2.00 e. The van der Waals surface area contributed by atoms with Gasteiger partial charge in [-0.25, -0.2) is 9.97 Å². The van der Waals surface area contributed by atoms with Gasteiger partial charge in [-0.1, -0.05) is 51.0 Å². The van der Waals surface area contributed by atoms with E-state index in [1.165, 1.54) is 0 Å². The number of nitrogens with one attached hydrogen (secondary N) is 2. The molecule has 5 aromatic heterocycles. The van der Waals surface area contributed by atoms with Crippen molar-refractivity contribution in [3.05, 3.63) is 107 Å². The molecule has 8 bridgehead atoms. The third-order valence-corrected chi connectivity index (χ3v) is 9.96. The Morgan fingerprint density at radius 1 is 0.559 bits per heavy atom. The van der Waals surface area contributed by atoms with Crippen molar-refractivity contribution in [2.75, 3.05) is 40.6 Å². The fraction of sp³-hybridized carbons (Fsp3) is 0.304. The SMILES string of the molecule is CCCCOCC[n+]1ccccc1-c1c2nc(c(C=[NH+]OC)c3ccc([n-]3)c(-c3cccc[n+]3CCOCCCC)c3nc(c(C=[NH+]OC)c4ccc1[n-]4)C=C3)C=C2.[Mn+2]. The molecule has 5 aromatic rings. The molecular formula is C46H52MnN8O4+4. The first-order chi connectivity index (χ1) is 28.6. The molecule has 0 unspecified atom stereocenters. The Hall–Kier alpha value is -5.72. The fourth-order valence-electron chi connectivity index (χ4n) is 7.01. The average Bonchev–Trinajstić information content (AvgIpc) is 4.09. The molecule has 59 heavy (non-hydrogen) atoms. The number of hydrogen-bond donors (Lipinski definition) is 2. The Labute approximate surface area is 355 Å². The summed E-state index contributed by atoms with van der Waals surface area (Å²) in [5.74, 6) is 0. The quantitative estimate of drug-likeness (QED) is 0.0443. The third kappa shape index (κ3) is 10.1. The molecule has 303 valence electrons. The molecule has 0 amide bonds. The zero-order valence-electron chi connectivity index (χ0n) is 34.2. The smallest absolute Gasteiger partial charge is 0.656 e. The van der Waals surface area contributed by atoms with Crippen LogP contribution in [0.2, 0.25) is 0 Å². The topological polar surface area (TPSA) is 127 Å². The van der Waals surface area contributed by atoms with Gasteiger partial charge in [0.2, 0.25) is 23.8 Å².